The Morgan fingerprint density at radius 2 is 0.457 bits per heavy atom. The first kappa shape index (κ1) is 70.8. The van der Waals surface area contributed by atoms with E-state index in [1.54, 1.807) is 62.3 Å². The summed E-state index contributed by atoms with van der Waals surface area (Å²) in [4.78, 5) is -2.37. The van der Waals surface area contributed by atoms with Gasteiger partial charge < -0.3 is 42.6 Å². The average Bonchev–Trinajstić information content (AvgIpc) is 3.10. The highest BCUT2D eigenvalue weighted by molar-refractivity contribution is 8.33. The van der Waals surface area contributed by atoms with E-state index in [1.807, 2.05) is 0 Å². The molecule has 0 atom stereocenters. The van der Waals surface area contributed by atoms with Crippen molar-refractivity contribution in [3.63, 3.8) is 0 Å². The Morgan fingerprint density at radius 1 is 0.284 bits per heavy atom. The molecular formula is C58H87F9O12S2. The van der Waals surface area contributed by atoms with E-state index >= 15 is 34.8 Å². The van der Waals surface area contributed by atoms with Crippen LogP contribution in [0, 0.1) is 0 Å². The highest BCUT2D eigenvalue weighted by Crippen LogP contribution is 2.82. The maximum Gasteiger partial charge on any atom is 0.460 e. The van der Waals surface area contributed by atoms with Crippen molar-refractivity contribution in [2.45, 2.75) is 275 Å². The molecule has 466 valence electrons. The van der Waals surface area contributed by atoms with E-state index in [-0.39, 0.29) is 17.2 Å². The average molecular weight is 1210 g/mol. The number of halogens is 9. The van der Waals surface area contributed by atoms with Crippen molar-refractivity contribution in [1.29, 1.82) is 0 Å². The molecule has 0 heterocycles. The summed E-state index contributed by atoms with van der Waals surface area (Å²) in [6, 6.07) is 7.17. The third kappa shape index (κ3) is 18.5. The Bertz CT molecular complexity index is 2470. The molecule has 0 spiro atoms. The standard InChI is InChI=1S/C58H87F9O12S2/c1-46(2,3)70-34-28-37(73-49(10,11)12)43(38(29-34)74-50(13,14)15)80(79-81(68,69)58(66,67)56(61,62)55(59,60)57(63,64)65,44-39(75-51(16,17)18)30-35(71-47(4,5)6)31-40(44)76-52(19,20)21)45-41(77-53(22,23)24)32-36(72-48(7,8)9)33-42(45)78-54(25,26)27/h28-33H,1-27H3. The van der Waals surface area contributed by atoms with Gasteiger partial charge in [-0.05, 0) is 197 Å². The maximum absolute atomic E-state index is 17.4. The summed E-state index contributed by atoms with van der Waals surface area (Å²) in [6.45, 7) is 42.6. The van der Waals surface area contributed by atoms with Crippen molar-refractivity contribution < 1.29 is 94.2 Å². The molecule has 0 N–H and O–H groups in total. The van der Waals surface area contributed by atoms with E-state index in [0.717, 1.165) is 0 Å². The molecule has 12 nitrogen and oxygen atoms in total. The molecule has 0 unspecified atom stereocenters. The van der Waals surface area contributed by atoms with E-state index in [4.69, 9.17) is 46.3 Å². The first-order valence-electron chi connectivity index (χ1n) is 26.1. The second kappa shape index (κ2) is 22.2. The van der Waals surface area contributed by atoms with Crippen LogP contribution >= 0.6 is 10.3 Å². The number of rotatable bonds is 17. The maximum atomic E-state index is 17.4. The minimum absolute atomic E-state index is 0.0971. The van der Waals surface area contributed by atoms with Crippen LogP contribution in [0.1, 0.15) is 187 Å². The topological polar surface area (TPSA) is 126 Å². The quantitative estimate of drug-likeness (QED) is 0.119. The molecule has 23 heteroatoms. The van der Waals surface area contributed by atoms with Gasteiger partial charge in [0.05, 0.1) is 0 Å². The van der Waals surface area contributed by atoms with Gasteiger partial charge in [-0.15, -0.1) is 0 Å². The molecule has 81 heavy (non-hydrogen) atoms. The first-order chi connectivity index (χ1) is 35.3. The van der Waals surface area contributed by atoms with Gasteiger partial charge in [0.2, 0.25) is 0 Å². The molecule has 0 aliphatic heterocycles. The summed E-state index contributed by atoms with van der Waals surface area (Å²) in [5.74, 6) is -19.3. The smallest absolute Gasteiger partial charge is 0.460 e. The van der Waals surface area contributed by atoms with E-state index in [9.17, 15) is 13.2 Å². The van der Waals surface area contributed by atoms with Gasteiger partial charge >= 0.3 is 33.4 Å². The summed E-state index contributed by atoms with van der Waals surface area (Å²) in [6.07, 6.45) is -7.47. The predicted molar refractivity (Wildman–Crippen MR) is 296 cm³/mol. The molecule has 0 amide bonds. The minimum atomic E-state index is -8.10. The van der Waals surface area contributed by atoms with Gasteiger partial charge in [-0.1, -0.05) is 0 Å². The summed E-state index contributed by atoms with van der Waals surface area (Å²) < 4.78 is 238. The van der Waals surface area contributed by atoms with E-state index < -0.39 is 143 Å². The molecule has 0 aliphatic rings. The van der Waals surface area contributed by atoms with Gasteiger partial charge in [0.15, 0.2) is 0 Å². The zero-order chi connectivity index (χ0) is 63.7. The van der Waals surface area contributed by atoms with Crippen LogP contribution in [-0.4, -0.2) is 82.1 Å². The van der Waals surface area contributed by atoms with Gasteiger partial charge in [0.25, 0.3) is 0 Å². The summed E-state index contributed by atoms with van der Waals surface area (Å²) in [5, 5.41) is -7.51. The van der Waals surface area contributed by atoms with Crippen molar-refractivity contribution in [3.05, 3.63) is 36.4 Å². The Hall–Kier alpha value is -4.51. The Morgan fingerprint density at radius 3 is 0.605 bits per heavy atom. The number of alkyl halides is 9. The molecule has 3 aromatic rings. The number of hydrogen-bond acceptors (Lipinski definition) is 12. The van der Waals surface area contributed by atoms with Crippen LogP contribution in [-0.2, 0) is 13.7 Å². The third-order valence-corrected chi connectivity index (χ3v) is 14.6. The zero-order valence-corrected chi connectivity index (χ0v) is 53.7. The molecule has 0 fully saturated rings. The fraction of sp³-hybridized carbons (Fsp3) is 0.690. The van der Waals surface area contributed by atoms with E-state index in [2.05, 4.69) is 0 Å². The largest absolute Gasteiger partial charge is 0.488 e. The number of hydrogen-bond donors (Lipinski definition) is 0. The molecule has 0 aliphatic carbocycles. The van der Waals surface area contributed by atoms with Crippen molar-refractivity contribution in [3.8, 4) is 51.7 Å². The summed E-state index contributed by atoms with van der Waals surface area (Å²) in [5.41, 5.74) is -11.8. The van der Waals surface area contributed by atoms with Crippen LogP contribution in [0.4, 0.5) is 39.5 Å². The summed E-state index contributed by atoms with van der Waals surface area (Å²) >= 11 is 0. The minimum Gasteiger partial charge on any atom is -0.488 e. The van der Waals surface area contributed by atoms with Crippen LogP contribution < -0.4 is 42.6 Å². The second-order valence-corrected chi connectivity index (χ2v) is 32.7. The fourth-order valence-corrected chi connectivity index (χ4v) is 12.9. The molecule has 0 aromatic heterocycles. The van der Waals surface area contributed by atoms with Gasteiger partial charge in [-0.25, -0.2) is 3.63 Å². The van der Waals surface area contributed by atoms with E-state index in [1.165, 1.54) is 161 Å². The van der Waals surface area contributed by atoms with Gasteiger partial charge in [0, 0.05) is 36.4 Å². The Kier molecular flexibility index (Phi) is 19.4. The normalized spacial score (nSPS) is 14.8. The van der Waals surface area contributed by atoms with Gasteiger partial charge in [0.1, 0.15) is 117 Å². The first-order valence-corrected chi connectivity index (χ1v) is 29.0. The zero-order valence-electron chi connectivity index (χ0n) is 52.1. The lowest BCUT2D eigenvalue weighted by Gasteiger charge is -2.46. The van der Waals surface area contributed by atoms with Crippen molar-refractivity contribution in [2.75, 3.05) is 0 Å². The fourth-order valence-electron chi connectivity index (χ4n) is 7.28. The molecule has 3 aromatic carbocycles. The van der Waals surface area contributed by atoms with Crippen molar-refractivity contribution in [1.82, 2.24) is 0 Å². The van der Waals surface area contributed by atoms with E-state index in [0.29, 0.717) is 0 Å². The van der Waals surface area contributed by atoms with Crippen LogP contribution in [0.3, 0.4) is 0 Å². The monoisotopic (exact) mass is 1210 g/mol. The molecule has 0 bridgehead atoms. The van der Waals surface area contributed by atoms with Crippen molar-refractivity contribution in [2.24, 2.45) is 0 Å². The summed E-state index contributed by atoms with van der Waals surface area (Å²) in [7, 11) is -13.8. The third-order valence-electron chi connectivity index (χ3n) is 9.24. The van der Waals surface area contributed by atoms with Gasteiger partial charge in [-0.3, -0.25) is 0 Å². The van der Waals surface area contributed by atoms with Crippen LogP contribution in [0.15, 0.2) is 51.1 Å². The molecular weight excluding hydrogens is 1120 g/mol. The van der Waals surface area contributed by atoms with Crippen LogP contribution in [0.2, 0.25) is 0 Å². The number of ether oxygens (including phenoxy) is 9. The highest BCUT2D eigenvalue weighted by atomic mass is 32.3. The SMILES string of the molecule is CC(C)(C)Oc1cc(OC(C)(C)C)c(S(OS(=O)(=O)C(F)(F)C(F)(F)C(F)(F)C(F)(F)F)(c2c(OC(C)(C)C)cc(OC(C)(C)C)cc2OC(C)(C)C)c2c(OC(C)(C)C)cc(OC(C)(C)C)cc2OC(C)(C)C)c(OC(C)(C)C)c1. The Labute approximate surface area is 476 Å². The lowest BCUT2D eigenvalue weighted by molar-refractivity contribution is -0.382. The molecule has 0 saturated carbocycles. The van der Waals surface area contributed by atoms with Gasteiger partial charge in [-0.2, -0.15) is 47.9 Å². The van der Waals surface area contributed by atoms with Crippen LogP contribution in [0.5, 0.6) is 51.7 Å². The lowest BCUT2D eigenvalue weighted by atomic mass is 10.1. The number of benzene rings is 3. The molecule has 3 rings (SSSR count). The molecule has 0 saturated heterocycles. The molecule has 0 radical (unpaired) electrons. The Balaban J connectivity index is 3.49. The van der Waals surface area contributed by atoms with Crippen LogP contribution in [0.25, 0.3) is 0 Å². The predicted octanol–water partition coefficient (Wildman–Crippen LogP) is 18.3. The lowest BCUT2D eigenvalue weighted by Crippen LogP contribution is -2.63. The van der Waals surface area contributed by atoms with Crippen molar-refractivity contribution >= 4 is 20.4 Å². The second-order valence-electron chi connectivity index (χ2n) is 28.4. The highest BCUT2D eigenvalue weighted by Gasteiger charge is 2.86.